The molecule has 4 rings (SSSR count). The van der Waals surface area contributed by atoms with E-state index < -0.39 is 0 Å². The van der Waals surface area contributed by atoms with Crippen LogP contribution in [-0.2, 0) is 6.42 Å². The zero-order valence-electron chi connectivity index (χ0n) is 15.1. The number of H-pyrrole nitrogens is 1. The van der Waals surface area contributed by atoms with Gasteiger partial charge in [-0.2, -0.15) is 0 Å². The number of fused-ring (bicyclic) bond motifs is 3. The van der Waals surface area contributed by atoms with Crippen LogP contribution in [0.1, 0.15) is 36.6 Å². The molecule has 0 atom stereocenters. The quantitative estimate of drug-likeness (QED) is 0.646. The fraction of sp³-hybridized carbons (Fsp3) is 0.227. The van der Waals surface area contributed by atoms with Gasteiger partial charge in [0, 0.05) is 35.0 Å². The molecule has 2 amide bonds. The number of urea groups is 1. The second-order valence-electron chi connectivity index (χ2n) is 7.03. The Kier molecular flexibility index (Phi) is 4.25. The van der Waals surface area contributed by atoms with Crippen LogP contribution in [0.4, 0.5) is 10.5 Å². The van der Waals surface area contributed by atoms with Crippen molar-refractivity contribution in [3.63, 3.8) is 0 Å². The van der Waals surface area contributed by atoms with Gasteiger partial charge in [0.25, 0.3) is 0 Å². The normalized spacial score (nSPS) is 13.7. The summed E-state index contributed by atoms with van der Waals surface area (Å²) >= 11 is 0. The Morgan fingerprint density at radius 3 is 2.65 bits per heavy atom. The number of benzene rings is 2. The first kappa shape index (κ1) is 16.5. The number of anilines is 1. The third-order valence-corrected chi connectivity index (χ3v) is 4.96. The number of amides is 2. The van der Waals surface area contributed by atoms with Gasteiger partial charge in [-0.05, 0) is 47.7 Å². The molecule has 0 fully saturated rings. The maximum Gasteiger partial charge on any atom is 0.325 e. The monoisotopic (exact) mass is 345 g/mol. The van der Waals surface area contributed by atoms with Crippen molar-refractivity contribution in [2.24, 2.45) is 0 Å². The predicted octanol–water partition coefficient (Wildman–Crippen LogP) is 5.35. The molecule has 0 unspecified atom stereocenters. The van der Waals surface area contributed by atoms with Crippen molar-refractivity contribution >= 4 is 28.7 Å². The molecular formula is C22H23N3O. The molecular weight excluding hydrogens is 322 g/mol. The molecule has 132 valence electrons. The van der Waals surface area contributed by atoms with E-state index in [1.807, 2.05) is 30.5 Å². The average Bonchev–Trinajstić information content (AvgIpc) is 2.86. The second kappa shape index (κ2) is 6.71. The molecule has 0 bridgehead atoms. The summed E-state index contributed by atoms with van der Waals surface area (Å²) in [5.74, 6) is 0.483. The molecule has 4 nitrogen and oxygen atoms in total. The lowest BCUT2D eigenvalue weighted by molar-refractivity contribution is 0.229. The smallest absolute Gasteiger partial charge is 0.325 e. The van der Waals surface area contributed by atoms with E-state index in [1.54, 1.807) is 4.90 Å². The predicted molar refractivity (Wildman–Crippen MR) is 107 cm³/mol. The Hall–Kier alpha value is -3.01. The molecule has 2 N–H and O–H groups in total. The molecule has 0 saturated carbocycles. The minimum absolute atomic E-state index is 0.104. The van der Waals surface area contributed by atoms with E-state index in [4.69, 9.17) is 0 Å². The molecule has 4 heteroatoms. The summed E-state index contributed by atoms with van der Waals surface area (Å²) in [6, 6.07) is 16.3. The SMILES string of the molecule is CC(C)c1ccc(NC(=O)N2C=Cc3[nH]c4ccccc4c3CC2)cc1. The third-order valence-electron chi connectivity index (χ3n) is 4.96. The van der Waals surface area contributed by atoms with Gasteiger partial charge < -0.3 is 15.2 Å². The van der Waals surface area contributed by atoms with Crippen molar-refractivity contribution in [2.45, 2.75) is 26.2 Å². The van der Waals surface area contributed by atoms with Crippen LogP contribution in [-0.4, -0.2) is 22.5 Å². The van der Waals surface area contributed by atoms with Crippen molar-refractivity contribution in [2.75, 3.05) is 11.9 Å². The molecule has 0 aliphatic carbocycles. The Morgan fingerprint density at radius 2 is 1.88 bits per heavy atom. The fourth-order valence-corrected chi connectivity index (χ4v) is 3.42. The summed E-state index contributed by atoms with van der Waals surface area (Å²) in [6.45, 7) is 4.98. The summed E-state index contributed by atoms with van der Waals surface area (Å²) in [4.78, 5) is 17.8. The average molecular weight is 345 g/mol. The highest BCUT2D eigenvalue weighted by Gasteiger charge is 2.18. The summed E-state index contributed by atoms with van der Waals surface area (Å²) in [5.41, 5.74) is 5.59. The second-order valence-corrected chi connectivity index (χ2v) is 7.03. The molecule has 0 radical (unpaired) electrons. The van der Waals surface area contributed by atoms with Gasteiger partial charge in [0.1, 0.15) is 0 Å². The number of nitrogens with one attached hydrogen (secondary N) is 2. The van der Waals surface area contributed by atoms with Gasteiger partial charge in [-0.3, -0.25) is 0 Å². The topological polar surface area (TPSA) is 48.1 Å². The van der Waals surface area contributed by atoms with E-state index in [0.29, 0.717) is 12.5 Å². The Balaban J connectivity index is 1.49. The van der Waals surface area contributed by atoms with E-state index in [9.17, 15) is 4.79 Å². The number of carbonyl (C=O) groups excluding carboxylic acids is 1. The molecule has 1 aliphatic rings. The van der Waals surface area contributed by atoms with Gasteiger partial charge in [-0.1, -0.05) is 44.2 Å². The van der Waals surface area contributed by atoms with Crippen LogP contribution >= 0.6 is 0 Å². The highest BCUT2D eigenvalue weighted by atomic mass is 16.2. The molecule has 2 heterocycles. The molecule has 0 spiro atoms. The van der Waals surface area contributed by atoms with E-state index in [1.165, 1.54) is 16.5 Å². The molecule has 26 heavy (non-hydrogen) atoms. The minimum Gasteiger partial charge on any atom is -0.355 e. The van der Waals surface area contributed by atoms with Crippen LogP contribution < -0.4 is 5.32 Å². The number of para-hydroxylation sites is 1. The van der Waals surface area contributed by atoms with Gasteiger partial charge in [0.15, 0.2) is 0 Å². The van der Waals surface area contributed by atoms with E-state index in [2.05, 4.69) is 54.5 Å². The number of aromatic amines is 1. The van der Waals surface area contributed by atoms with Crippen molar-refractivity contribution in [3.05, 3.63) is 71.6 Å². The van der Waals surface area contributed by atoms with Crippen molar-refractivity contribution in [1.29, 1.82) is 0 Å². The van der Waals surface area contributed by atoms with Crippen molar-refractivity contribution in [1.82, 2.24) is 9.88 Å². The van der Waals surface area contributed by atoms with E-state index >= 15 is 0 Å². The van der Waals surface area contributed by atoms with Crippen LogP contribution in [0.2, 0.25) is 0 Å². The Bertz CT molecular complexity index is 967. The molecule has 1 aliphatic heterocycles. The van der Waals surface area contributed by atoms with Gasteiger partial charge in [-0.25, -0.2) is 4.79 Å². The maximum absolute atomic E-state index is 12.6. The van der Waals surface area contributed by atoms with Gasteiger partial charge in [0.05, 0.1) is 0 Å². The molecule has 1 aromatic heterocycles. The van der Waals surface area contributed by atoms with Gasteiger partial charge in [-0.15, -0.1) is 0 Å². The fourth-order valence-electron chi connectivity index (χ4n) is 3.42. The summed E-state index contributed by atoms with van der Waals surface area (Å²) < 4.78 is 0. The highest BCUT2D eigenvalue weighted by molar-refractivity contribution is 5.92. The first-order valence-electron chi connectivity index (χ1n) is 9.07. The van der Waals surface area contributed by atoms with Crippen LogP contribution in [0.3, 0.4) is 0 Å². The van der Waals surface area contributed by atoms with Crippen LogP contribution in [0.5, 0.6) is 0 Å². The Labute approximate surface area is 153 Å². The standard InChI is InChI=1S/C22H23N3O/c1-15(2)16-7-9-17(10-8-16)23-22(26)25-13-11-19-18-5-3-4-6-20(18)24-21(19)12-14-25/h3-10,12,14-15,24H,11,13H2,1-2H3,(H,23,26). The maximum atomic E-state index is 12.6. The lowest BCUT2D eigenvalue weighted by Gasteiger charge is -2.18. The van der Waals surface area contributed by atoms with Crippen LogP contribution in [0.15, 0.2) is 54.7 Å². The highest BCUT2D eigenvalue weighted by Crippen LogP contribution is 2.26. The summed E-state index contributed by atoms with van der Waals surface area (Å²) in [5, 5.41) is 4.22. The van der Waals surface area contributed by atoms with E-state index in [-0.39, 0.29) is 6.03 Å². The summed E-state index contributed by atoms with van der Waals surface area (Å²) in [6.07, 6.45) is 4.68. The van der Waals surface area contributed by atoms with Crippen LogP contribution in [0, 0.1) is 0 Å². The lowest BCUT2D eigenvalue weighted by atomic mass is 10.0. The third kappa shape index (κ3) is 3.10. The first-order chi connectivity index (χ1) is 12.6. The lowest BCUT2D eigenvalue weighted by Crippen LogP contribution is -2.31. The molecule has 3 aromatic rings. The zero-order chi connectivity index (χ0) is 18.1. The van der Waals surface area contributed by atoms with Gasteiger partial charge >= 0.3 is 6.03 Å². The number of carbonyl (C=O) groups is 1. The Morgan fingerprint density at radius 1 is 1.12 bits per heavy atom. The summed E-state index contributed by atoms with van der Waals surface area (Å²) in [7, 11) is 0. The van der Waals surface area contributed by atoms with Gasteiger partial charge in [0.2, 0.25) is 0 Å². The number of nitrogens with zero attached hydrogens (tertiary/aromatic N) is 1. The van der Waals surface area contributed by atoms with Crippen molar-refractivity contribution < 1.29 is 4.79 Å². The number of rotatable bonds is 2. The first-order valence-corrected chi connectivity index (χ1v) is 9.07. The molecule has 2 aromatic carbocycles. The van der Waals surface area contributed by atoms with E-state index in [0.717, 1.165) is 23.3 Å². The zero-order valence-corrected chi connectivity index (χ0v) is 15.1. The minimum atomic E-state index is -0.104. The largest absolute Gasteiger partial charge is 0.355 e. The van der Waals surface area contributed by atoms with Crippen molar-refractivity contribution in [3.8, 4) is 0 Å². The number of hydrogen-bond donors (Lipinski definition) is 2. The number of hydrogen-bond acceptors (Lipinski definition) is 1. The molecule has 0 saturated heterocycles. The van der Waals surface area contributed by atoms with Crippen LogP contribution in [0.25, 0.3) is 17.0 Å². The number of aromatic nitrogens is 1.